The number of methoxy groups -OCH3 is 1. The Hall–Kier alpha value is -1.94. The molecule has 0 fully saturated rings. The lowest BCUT2D eigenvalue weighted by molar-refractivity contribution is 0.0600. The molecular formula is C18H19NO2S. The monoisotopic (exact) mass is 313 g/mol. The van der Waals surface area contributed by atoms with E-state index >= 15 is 0 Å². The van der Waals surface area contributed by atoms with E-state index in [-0.39, 0.29) is 5.97 Å². The van der Waals surface area contributed by atoms with Crippen LogP contribution in [0.2, 0.25) is 0 Å². The van der Waals surface area contributed by atoms with Gasteiger partial charge in [-0.1, -0.05) is 24.3 Å². The number of carbonyl (C=O) groups excluding carboxylic acids is 1. The van der Waals surface area contributed by atoms with Crippen molar-refractivity contribution in [3.63, 3.8) is 0 Å². The number of benzene rings is 2. The van der Waals surface area contributed by atoms with Gasteiger partial charge >= 0.3 is 5.97 Å². The highest BCUT2D eigenvalue weighted by Crippen LogP contribution is 2.34. The minimum Gasteiger partial charge on any atom is -0.465 e. The number of carbonyl (C=O) groups is 1. The van der Waals surface area contributed by atoms with E-state index in [0.717, 1.165) is 18.8 Å². The third kappa shape index (κ3) is 3.28. The largest absolute Gasteiger partial charge is 0.465 e. The fraction of sp³-hybridized carbons (Fsp3) is 0.278. The second-order valence-corrected chi connectivity index (χ2v) is 6.42. The Kier molecular flexibility index (Phi) is 4.68. The van der Waals surface area contributed by atoms with Gasteiger partial charge in [0.05, 0.1) is 18.4 Å². The Morgan fingerprint density at radius 2 is 1.95 bits per heavy atom. The van der Waals surface area contributed by atoms with E-state index in [0.29, 0.717) is 5.56 Å². The minimum absolute atomic E-state index is 0.289. The molecule has 22 heavy (non-hydrogen) atoms. The van der Waals surface area contributed by atoms with Crippen LogP contribution in [-0.2, 0) is 11.3 Å². The van der Waals surface area contributed by atoms with Gasteiger partial charge in [-0.2, -0.15) is 0 Å². The molecule has 0 atom stereocenters. The number of esters is 1. The van der Waals surface area contributed by atoms with Crippen LogP contribution in [0.5, 0.6) is 0 Å². The number of para-hydroxylation sites is 1. The highest BCUT2D eigenvalue weighted by molar-refractivity contribution is 7.99. The molecular weight excluding hydrogens is 294 g/mol. The van der Waals surface area contributed by atoms with Gasteiger partial charge in [-0.25, -0.2) is 4.79 Å². The number of hydrogen-bond acceptors (Lipinski definition) is 4. The number of anilines is 1. The van der Waals surface area contributed by atoms with Gasteiger partial charge in [0.25, 0.3) is 0 Å². The summed E-state index contributed by atoms with van der Waals surface area (Å²) in [7, 11) is 1.40. The molecule has 0 spiro atoms. The van der Waals surface area contributed by atoms with Crippen molar-refractivity contribution < 1.29 is 9.53 Å². The minimum atomic E-state index is -0.289. The Balaban J connectivity index is 1.79. The van der Waals surface area contributed by atoms with Crippen LogP contribution in [0.25, 0.3) is 0 Å². The molecule has 0 amide bonds. The van der Waals surface area contributed by atoms with Crippen molar-refractivity contribution in [2.75, 3.05) is 24.3 Å². The van der Waals surface area contributed by atoms with Crippen molar-refractivity contribution in [2.24, 2.45) is 0 Å². The fourth-order valence-electron chi connectivity index (χ4n) is 2.65. The lowest BCUT2D eigenvalue weighted by Gasteiger charge is -2.24. The second-order valence-electron chi connectivity index (χ2n) is 5.28. The molecule has 1 aliphatic rings. The summed E-state index contributed by atoms with van der Waals surface area (Å²) in [5, 5.41) is 0. The third-order valence-electron chi connectivity index (χ3n) is 3.78. The van der Waals surface area contributed by atoms with Crippen molar-refractivity contribution in [1.82, 2.24) is 0 Å². The Morgan fingerprint density at radius 3 is 2.73 bits per heavy atom. The lowest BCUT2D eigenvalue weighted by atomic mass is 10.1. The van der Waals surface area contributed by atoms with Gasteiger partial charge in [0.15, 0.2) is 0 Å². The predicted molar refractivity (Wildman–Crippen MR) is 90.6 cm³/mol. The summed E-state index contributed by atoms with van der Waals surface area (Å²) in [6.07, 6.45) is 1.18. The molecule has 2 aromatic carbocycles. The summed E-state index contributed by atoms with van der Waals surface area (Å²) >= 11 is 1.93. The van der Waals surface area contributed by atoms with Crippen molar-refractivity contribution in [1.29, 1.82) is 0 Å². The molecule has 0 aliphatic carbocycles. The number of fused-ring (bicyclic) bond motifs is 1. The molecule has 0 bridgehead atoms. The van der Waals surface area contributed by atoms with E-state index < -0.39 is 0 Å². The molecule has 3 nitrogen and oxygen atoms in total. The summed E-state index contributed by atoms with van der Waals surface area (Å²) in [5.41, 5.74) is 3.11. The zero-order valence-corrected chi connectivity index (χ0v) is 13.4. The van der Waals surface area contributed by atoms with E-state index in [9.17, 15) is 4.79 Å². The third-order valence-corrected chi connectivity index (χ3v) is 4.93. The Bertz CT molecular complexity index is 654. The fourth-order valence-corrected chi connectivity index (χ4v) is 3.66. The van der Waals surface area contributed by atoms with Crippen molar-refractivity contribution in [3.8, 4) is 0 Å². The topological polar surface area (TPSA) is 29.5 Å². The van der Waals surface area contributed by atoms with Gasteiger partial charge in [0.2, 0.25) is 0 Å². The average molecular weight is 313 g/mol. The maximum Gasteiger partial charge on any atom is 0.337 e. The lowest BCUT2D eigenvalue weighted by Crippen LogP contribution is -2.23. The quantitative estimate of drug-likeness (QED) is 0.802. The van der Waals surface area contributed by atoms with Gasteiger partial charge in [-0.15, -0.1) is 11.8 Å². The summed E-state index contributed by atoms with van der Waals surface area (Å²) in [6.45, 7) is 1.92. The predicted octanol–water partition coefficient (Wildman–Crippen LogP) is 3.98. The van der Waals surface area contributed by atoms with Crippen molar-refractivity contribution in [3.05, 3.63) is 59.7 Å². The molecule has 2 aromatic rings. The summed E-state index contributed by atoms with van der Waals surface area (Å²) < 4.78 is 4.74. The average Bonchev–Trinajstić information content (AvgIpc) is 2.77. The van der Waals surface area contributed by atoms with Crippen LogP contribution < -0.4 is 4.90 Å². The van der Waals surface area contributed by atoms with E-state index in [1.54, 1.807) is 0 Å². The van der Waals surface area contributed by atoms with Crippen LogP contribution in [0, 0.1) is 0 Å². The molecule has 0 saturated carbocycles. The molecule has 0 unspecified atom stereocenters. The molecule has 1 heterocycles. The number of ether oxygens (including phenoxy) is 1. The van der Waals surface area contributed by atoms with Crippen molar-refractivity contribution in [2.45, 2.75) is 17.9 Å². The first-order valence-electron chi connectivity index (χ1n) is 7.42. The van der Waals surface area contributed by atoms with Crippen LogP contribution in [0.15, 0.2) is 53.4 Å². The molecule has 0 radical (unpaired) electrons. The van der Waals surface area contributed by atoms with Gasteiger partial charge in [0.1, 0.15) is 0 Å². The van der Waals surface area contributed by atoms with Crippen LogP contribution in [-0.4, -0.2) is 25.4 Å². The van der Waals surface area contributed by atoms with E-state index in [1.807, 2.05) is 36.0 Å². The molecule has 0 N–H and O–H groups in total. The number of nitrogens with zero attached hydrogens (tertiary/aromatic N) is 1. The van der Waals surface area contributed by atoms with E-state index in [1.165, 1.54) is 29.7 Å². The first-order chi connectivity index (χ1) is 10.8. The highest BCUT2D eigenvalue weighted by Gasteiger charge is 2.15. The molecule has 3 rings (SSSR count). The number of hydrogen-bond donors (Lipinski definition) is 0. The van der Waals surface area contributed by atoms with Crippen LogP contribution in [0.1, 0.15) is 22.3 Å². The smallest absolute Gasteiger partial charge is 0.337 e. The van der Waals surface area contributed by atoms with Crippen molar-refractivity contribution >= 4 is 23.4 Å². The van der Waals surface area contributed by atoms with Crippen LogP contribution >= 0.6 is 11.8 Å². The second kappa shape index (κ2) is 6.88. The van der Waals surface area contributed by atoms with Gasteiger partial charge in [0, 0.05) is 18.0 Å². The van der Waals surface area contributed by atoms with E-state index in [4.69, 9.17) is 4.74 Å². The molecule has 1 aliphatic heterocycles. The first-order valence-corrected chi connectivity index (χ1v) is 8.40. The highest BCUT2D eigenvalue weighted by atomic mass is 32.2. The SMILES string of the molecule is COC(=O)c1ccc(CN2CCCSc3ccccc32)cc1. The van der Waals surface area contributed by atoms with E-state index in [2.05, 4.69) is 29.2 Å². The molecule has 4 heteroatoms. The van der Waals surface area contributed by atoms with Gasteiger partial charge < -0.3 is 9.64 Å². The molecule has 0 aromatic heterocycles. The summed E-state index contributed by atoms with van der Waals surface area (Å²) in [4.78, 5) is 15.3. The van der Waals surface area contributed by atoms with Gasteiger partial charge in [-0.3, -0.25) is 0 Å². The standard InChI is InChI=1S/C18H19NO2S/c1-21-18(20)15-9-7-14(8-10-15)13-19-11-4-12-22-17-6-3-2-5-16(17)19/h2-3,5-10H,4,11-13H2,1H3. The maximum absolute atomic E-state index is 11.5. The van der Waals surface area contributed by atoms with Gasteiger partial charge in [-0.05, 0) is 42.0 Å². The Labute approximate surface area is 135 Å². The maximum atomic E-state index is 11.5. The van der Waals surface area contributed by atoms with Crippen LogP contribution in [0.3, 0.4) is 0 Å². The Morgan fingerprint density at radius 1 is 1.18 bits per heavy atom. The first kappa shape index (κ1) is 15.0. The molecule has 0 saturated heterocycles. The molecule has 114 valence electrons. The summed E-state index contributed by atoms with van der Waals surface area (Å²) in [6, 6.07) is 16.3. The number of rotatable bonds is 3. The summed E-state index contributed by atoms with van der Waals surface area (Å²) in [5.74, 6) is 0.873. The zero-order chi connectivity index (χ0) is 15.4. The number of thioether (sulfide) groups is 1. The normalized spacial score (nSPS) is 14.1. The van der Waals surface area contributed by atoms with Crippen LogP contribution in [0.4, 0.5) is 5.69 Å². The zero-order valence-electron chi connectivity index (χ0n) is 12.6.